The van der Waals surface area contributed by atoms with Crippen LogP contribution in [0.4, 0.5) is 0 Å². The van der Waals surface area contributed by atoms with Crippen LogP contribution in [0.3, 0.4) is 0 Å². The van der Waals surface area contributed by atoms with Crippen molar-refractivity contribution in [2.75, 3.05) is 0 Å². The minimum absolute atomic E-state index is 0.467. The molecule has 0 amide bonds. The second-order valence-electron chi connectivity index (χ2n) is 4.70. The number of hydrogen-bond donors (Lipinski definition) is 0. The van der Waals surface area contributed by atoms with E-state index in [0.29, 0.717) is 5.92 Å². The zero-order valence-corrected chi connectivity index (χ0v) is 10.5. The lowest BCUT2D eigenvalue weighted by Gasteiger charge is -2.15. The van der Waals surface area contributed by atoms with Crippen LogP contribution in [0, 0.1) is 5.92 Å². The van der Waals surface area contributed by atoms with E-state index < -0.39 is 0 Å². The zero-order valence-electron chi connectivity index (χ0n) is 10.5. The van der Waals surface area contributed by atoms with Crippen LogP contribution in [0.2, 0.25) is 0 Å². The molecule has 0 aromatic heterocycles. The SMILES string of the molecule is CC1C(c2ccccc2)=CC=C1c1ccccc1. The van der Waals surface area contributed by atoms with Gasteiger partial charge in [0.15, 0.2) is 0 Å². The summed E-state index contributed by atoms with van der Waals surface area (Å²) < 4.78 is 0. The molecule has 2 aromatic carbocycles. The summed E-state index contributed by atoms with van der Waals surface area (Å²) in [5, 5.41) is 0. The van der Waals surface area contributed by atoms with Gasteiger partial charge in [0.05, 0.1) is 0 Å². The van der Waals surface area contributed by atoms with E-state index in [2.05, 4.69) is 79.7 Å². The van der Waals surface area contributed by atoms with E-state index in [9.17, 15) is 0 Å². The van der Waals surface area contributed by atoms with Gasteiger partial charge in [0.25, 0.3) is 0 Å². The smallest absolute Gasteiger partial charge is 0.00728 e. The van der Waals surface area contributed by atoms with Crippen molar-refractivity contribution in [2.45, 2.75) is 6.92 Å². The number of allylic oxidation sites excluding steroid dienone is 4. The Balaban J connectivity index is 1.90. The Bertz CT molecular complexity index is 533. The first-order valence-electron chi connectivity index (χ1n) is 6.39. The second kappa shape index (κ2) is 4.66. The van der Waals surface area contributed by atoms with Crippen LogP contribution in [0.1, 0.15) is 18.1 Å². The minimum atomic E-state index is 0.467. The molecule has 0 saturated carbocycles. The fourth-order valence-corrected chi connectivity index (χ4v) is 2.59. The van der Waals surface area contributed by atoms with Crippen LogP contribution in [0.5, 0.6) is 0 Å². The van der Waals surface area contributed by atoms with Gasteiger partial charge in [0, 0.05) is 5.92 Å². The Morgan fingerprint density at radius 2 is 1.00 bits per heavy atom. The molecule has 0 fully saturated rings. The molecule has 88 valence electrons. The van der Waals surface area contributed by atoms with Crippen LogP contribution >= 0.6 is 0 Å². The molecule has 2 aromatic rings. The Morgan fingerprint density at radius 3 is 1.39 bits per heavy atom. The van der Waals surface area contributed by atoms with Crippen LogP contribution in [0.25, 0.3) is 11.1 Å². The van der Waals surface area contributed by atoms with Crippen LogP contribution in [-0.4, -0.2) is 0 Å². The summed E-state index contributed by atoms with van der Waals surface area (Å²) >= 11 is 0. The van der Waals surface area contributed by atoms with Gasteiger partial charge in [0.1, 0.15) is 0 Å². The molecule has 1 aliphatic carbocycles. The largest absolute Gasteiger partial charge is 0.0622 e. The van der Waals surface area contributed by atoms with E-state index in [4.69, 9.17) is 0 Å². The van der Waals surface area contributed by atoms with Crippen molar-refractivity contribution in [3.63, 3.8) is 0 Å². The van der Waals surface area contributed by atoms with Gasteiger partial charge in [-0.15, -0.1) is 0 Å². The van der Waals surface area contributed by atoms with Gasteiger partial charge in [0.2, 0.25) is 0 Å². The van der Waals surface area contributed by atoms with E-state index in [-0.39, 0.29) is 0 Å². The van der Waals surface area contributed by atoms with Crippen LogP contribution in [-0.2, 0) is 0 Å². The highest BCUT2D eigenvalue weighted by Gasteiger charge is 2.20. The van der Waals surface area contributed by atoms with E-state index in [1.165, 1.54) is 22.3 Å². The molecule has 0 radical (unpaired) electrons. The highest BCUT2D eigenvalue weighted by molar-refractivity contribution is 5.88. The quantitative estimate of drug-likeness (QED) is 0.697. The predicted molar refractivity (Wildman–Crippen MR) is 78.0 cm³/mol. The average Bonchev–Trinajstić information content (AvgIpc) is 2.83. The first-order valence-corrected chi connectivity index (χ1v) is 6.39. The zero-order chi connectivity index (χ0) is 12.4. The van der Waals surface area contributed by atoms with Crippen molar-refractivity contribution in [1.82, 2.24) is 0 Å². The summed E-state index contributed by atoms with van der Waals surface area (Å²) in [6, 6.07) is 21.3. The molecule has 0 heteroatoms. The van der Waals surface area contributed by atoms with Gasteiger partial charge < -0.3 is 0 Å². The molecule has 0 unspecified atom stereocenters. The van der Waals surface area contributed by atoms with Crippen molar-refractivity contribution in [3.8, 4) is 0 Å². The third-order valence-corrected chi connectivity index (χ3v) is 3.59. The third kappa shape index (κ3) is 1.91. The van der Waals surface area contributed by atoms with Crippen molar-refractivity contribution in [2.24, 2.45) is 5.92 Å². The number of rotatable bonds is 2. The summed E-state index contributed by atoms with van der Waals surface area (Å²) in [7, 11) is 0. The Labute approximate surface area is 108 Å². The average molecular weight is 232 g/mol. The Morgan fingerprint density at radius 1 is 0.611 bits per heavy atom. The van der Waals surface area contributed by atoms with E-state index >= 15 is 0 Å². The highest BCUT2D eigenvalue weighted by Crippen LogP contribution is 2.39. The van der Waals surface area contributed by atoms with Crippen molar-refractivity contribution in [3.05, 3.63) is 83.9 Å². The van der Waals surface area contributed by atoms with Gasteiger partial charge >= 0.3 is 0 Å². The maximum Gasteiger partial charge on any atom is 0.00728 e. The molecular formula is C18H16. The molecular weight excluding hydrogens is 216 g/mol. The summed E-state index contributed by atoms with van der Waals surface area (Å²) in [5.74, 6) is 0.467. The van der Waals surface area contributed by atoms with Crippen molar-refractivity contribution in [1.29, 1.82) is 0 Å². The molecule has 0 aliphatic heterocycles. The normalized spacial score (nSPS) is 15.4. The molecule has 1 aliphatic rings. The lowest BCUT2D eigenvalue weighted by Crippen LogP contribution is -1.98. The molecule has 3 rings (SSSR count). The molecule has 18 heavy (non-hydrogen) atoms. The van der Waals surface area contributed by atoms with Crippen molar-refractivity contribution < 1.29 is 0 Å². The van der Waals surface area contributed by atoms with Crippen LogP contribution < -0.4 is 0 Å². The maximum absolute atomic E-state index is 2.28. The predicted octanol–water partition coefficient (Wildman–Crippen LogP) is 4.80. The molecule has 0 bridgehead atoms. The Hall–Kier alpha value is -2.08. The molecule has 0 nitrogen and oxygen atoms in total. The summed E-state index contributed by atoms with van der Waals surface area (Å²) in [5.41, 5.74) is 5.48. The summed E-state index contributed by atoms with van der Waals surface area (Å²) in [6.07, 6.45) is 4.50. The van der Waals surface area contributed by atoms with E-state index in [1.807, 2.05) is 0 Å². The lowest BCUT2D eigenvalue weighted by atomic mass is 9.89. The second-order valence-corrected chi connectivity index (χ2v) is 4.70. The first kappa shape index (κ1) is 11.0. The molecule has 0 heterocycles. The molecule has 0 N–H and O–H groups in total. The van der Waals surface area contributed by atoms with Gasteiger partial charge in [-0.25, -0.2) is 0 Å². The van der Waals surface area contributed by atoms with E-state index in [0.717, 1.165) is 0 Å². The molecule has 0 saturated heterocycles. The fraction of sp³-hybridized carbons (Fsp3) is 0.111. The van der Waals surface area contributed by atoms with E-state index in [1.54, 1.807) is 0 Å². The van der Waals surface area contributed by atoms with Gasteiger partial charge in [-0.1, -0.05) is 79.7 Å². The fourth-order valence-electron chi connectivity index (χ4n) is 2.59. The standard InChI is InChI=1S/C18H16/c1-14-17(15-8-4-2-5-9-15)12-13-18(14)16-10-6-3-7-11-16/h2-14H,1H3. The number of hydrogen-bond acceptors (Lipinski definition) is 0. The summed E-state index contributed by atoms with van der Waals surface area (Å²) in [6.45, 7) is 2.28. The molecule has 0 atom stereocenters. The first-order chi connectivity index (χ1) is 8.86. The third-order valence-electron chi connectivity index (χ3n) is 3.59. The monoisotopic (exact) mass is 232 g/mol. The van der Waals surface area contributed by atoms with Gasteiger partial charge in [-0.3, -0.25) is 0 Å². The lowest BCUT2D eigenvalue weighted by molar-refractivity contribution is 1.00. The Kier molecular flexibility index (Phi) is 2.85. The van der Waals surface area contributed by atoms with Gasteiger partial charge in [-0.2, -0.15) is 0 Å². The minimum Gasteiger partial charge on any atom is -0.0622 e. The highest BCUT2D eigenvalue weighted by atomic mass is 14.2. The topological polar surface area (TPSA) is 0 Å². The number of benzene rings is 2. The van der Waals surface area contributed by atoms with Gasteiger partial charge in [-0.05, 0) is 22.3 Å². The maximum atomic E-state index is 2.28. The van der Waals surface area contributed by atoms with Crippen LogP contribution in [0.15, 0.2) is 72.8 Å². The van der Waals surface area contributed by atoms with Crippen molar-refractivity contribution >= 4 is 11.1 Å². The molecule has 0 spiro atoms. The summed E-state index contributed by atoms with van der Waals surface area (Å²) in [4.78, 5) is 0.